The number of pyridine rings is 1. The van der Waals surface area contributed by atoms with E-state index in [1.165, 1.54) is 5.56 Å². The van der Waals surface area contributed by atoms with Gasteiger partial charge in [0, 0.05) is 48.6 Å². The van der Waals surface area contributed by atoms with E-state index in [9.17, 15) is 9.59 Å². The van der Waals surface area contributed by atoms with Crippen LogP contribution < -0.4 is 5.32 Å². The van der Waals surface area contributed by atoms with Crippen LogP contribution in [0.3, 0.4) is 0 Å². The Morgan fingerprint density at radius 1 is 1.09 bits per heavy atom. The largest absolute Gasteiger partial charge is 0.378 e. The molecule has 1 atom stereocenters. The Morgan fingerprint density at radius 3 is 2.63 bits per heavy atom. The Morgan fingerprint density at radius 2 is 1.89 bits per heavy atom. The summed E-state index contributed by atoms with van der Waals surface area (Å²) in [6.45, 7) is 9.78. The fourth-order valence-electron chi connectivity index (χ4n) is 5.65. The highest BCUT2D eigenvalue weighted by Crippen LogP contribution is 2.35. The summed E-state index contributed by atoms with van der Waals surface area (Å²) in [5.74, 6) is -0.452. The number of carbonyl (C=O) groups excluding carboxylic acids is 2. The predicted molar refractivity (Wildman–Crippen MR) is 137 cm³/mol. The Kier molecular flexibility index (Phi) is 6.64. The fraction of sp³-hybridized carbons (Fsp3) is 0.536. The number of aromatic nitrogens is 2. The van der Waals surface area contributed by atoms with E-state index in [4.69, 9.17) is 4.74 Å². The molecule has 2 aliphatic rings. The van der Waals surface area contributed by atoms with Crippen LogP contribution in [0, 0.1) is 0 Å². The van der Waals surface area contributed by atoms with Crippen LogP contribution in [-0.4, -0.2) is 57.6 Å². The Bertz CT molecular complexity index is 1230. The molecule has 1 aromatic carbocycles. The van der Waals surface area contributed by atoms with Crippen molar-refractivity contribution in [3.8, 4) is 0 Å². The fourth-order valence-corrected chi connectivity index (χ4v) is 5.65. The minimum absolute atomic E-state index is 0.204. The van der Waals surface area contributed by atoms with Crippen molar-refractivity contribution in [1.82, 2.24) is 19.8 Å². The number of fused-ring (bicyclic) bond motifs is 3. The maximum atomic E-state index is 12.7. The number of nitrogens with one attached hydrogen (secondary N) is 1. The first-order valence-electron chi connectivity index (χ1n) is 12.9. The smallest absolute Gasteiger partial charge is 0.249 e. The van der Waals surface area contributed by atoms with Crippen LogP contribution in [-0.2, 0) is 20.7 Å². The number of nitrogens with zero attached hydrogens (tertiary/aromatic N) is 3. The molecule has 2 aliphatic heterocycles. The molecular formula is C28H36N4O3. The third-order valence-electron chi connectivity index (χ3n) is 7.53. The van der Waals surface area contributed by atoms with Crippen molar-refractivity contribution >= 4 is 33.8 Å². The molecule has 2 aromatic heterocycles. The first-order valence-corrected chi connectivity index (χ1v) is 12.9. The van der Waals surface area contributed by atoms with Gasteiger partial charge in [0.05, 0.1) is 11.6 Å². The van der Waals surface area contributed by atoms with E-state index in [1.807, 2.05) is 10.6 Å². The lowest BCUT2D eigenvalue weighted by molar-refractivity contribution is -0.135. The van der Waals surface area contributed by atoms with Gasteiger partial charge in [-0.3, -0.25) is 19.8 Å². The molecule has 2 fully saturated rings. The summed E-state index contributed by atoms with van der Waals surface area (Å²) in [7, 11) is 0. The highest BCUT2D eigenvalue weighted by atomic mass is 16.5. The van der Waals surface area contributed by atoms with E-state index in [2.05, 4.69) is 60.2 Å². The number of amides is 2. The number of ether oxygens (including phenoxy) is 1. The Balaban J connectivity index is 1.31. The minimum Gasteiger partial charge on any atom is -0.378 e. The SMILES string of the molecule is CC(C)(C)N1CCC(OCCCc2cccc3c2c2cccnc2n3C2CCC(=O)NC2=O)CC1. The molecule has 0 bridgehead atoms. The molecular weight excluding hydrogens is 440 g/mol. The number of hydrogen-bond acceptors (Lipinski definition) is 5. The van der Waals surface area contributed by atoms with Crippen LogP contribution >= 0.6 is 0 Å². The van der Waals surface area contributed by atoms with Gasteiger partial charge in [-0.15, -0.1) is 0 Å². The summed E-state index contributed by atoms with van der Waals surface area (Å²) in [5, 5.41) is 4.71. The van der Waals surface area contributed by atoms with Gasteiger partial charge < -0.3 is 9.30 Å². The molecule has 186 valence electrons. The lowest BCUT2D eigenvalue weighted by Gasteiger charge is -2.40. The van der Waals surface area contributed by atoms with E-state index < -0.39 is 6.04 Å². The first-order chi connectivity index (χ1) is 16.8. The van der Waals surface area contributed by atoms with Crippen LogP contribution in [0.1, 0.15) is 64.5 Å². The van der Waals surface area contributed by atoms with Crippen LogP contribution in [0.2, 0.25) is 0 Å². The minimum atomic E-state index is -0.430. The summed E-state index contributed by atoms with van der Waals surface area (Å²) in [5.41, 5.74) is 3.27. The van der Waals surface area contributed by atoms with Gasteiger partial charge in [0.2, 0.25) is 11.8 Å². The molecule has 3 aromatic rings. The molecule has 0 spiro atoms. The molecule has 0 saturated carbocycles. The van der Waals surface area contributed by atoms with Gasteiger partial charge in [0.25, 0.3) is 0 Å². The van der Waals surface area contributed by atoms with Gasteiger partial charge in [0.1, 0.15) is 11.7 Å². The number of aryl methyl sites for hydroxylation is 1. The van der Waals surface area contributed by atoms with Gasteiger partial charge in [0.15, 0.2) is 0 Å². The molecule has 7 nitrogen and oxygen atoms in total. The molecule has 1 N–H and O–H groups in total. The number of imide groups is 1. The first kappa shape index (κ1) is 23.9. The lowest BCUT2D eigenvalue weighted by Crippen LogP contribution is -2.47. The summed E-state index contributed by atoms with van der Waals surface area (Å²) in [6, 6.07) is 9.88. The van der Waals surface area contributed by atoms with E-state index in [-0.39, 0.29) is 17.4 Å². The second kappa shape index (κ2) is 9.70. The number of carbonyl (C=O) groups is 2. The molecule has 5 rings (SSSR count). The highest BCUT2D eigenvalue weighted by Gasteiger charge is 2.31. The number of benzene rings is 1. The van der Waals surface area contributed by atoms with Crippen molar-refractivity contribution in [3.63, 3.8) is 0 Å². The summed E-state index contributed by atoms with van der Waals surface area (Å²) in [6.07, 6.45) is 6.99. The van der Waals surface area contributed by atoms with Crippen molar-refractivity contribution in [1.29, 1.82) is 0 Å². The van der Waals surface area contributed by atoms with Gasteiger partial charge >= 0.3 is 0 Å². The molecule has 35 heavy (non-hydrogen) atoms. The monoisotopic (exact) mass is 476 g/mol. The molecule has 0 radical (unpaired) electrons. The van der Waals surface area contributed by atoms with Crippen LogP contribution in [0.25, 0.3) is 21.9 Å². The summed E-state index contributed by atoms with van der Waals surface area (Å²) < 4.78 is 8.28. The van der Waals surface area contributed by atoms with Gasteiger partial charge in [-0.1, -0.05) is 12.1 Å². The average molecular weight is 477 g/mol. The maximum Gasteiger partial charge on any atom is 0.249 e. The zero-order valence-corrected chi connectivity index (χ0v) is 21.0. The third-order valence-corrected chi connectivity index (χ3v) is 7.53. The Hall–Kier alpha value is -2.77. The molecule has 0 aliphatic carbocycles. The summed E-state index contributed by atoms with van der Waals surface area (Å²) in [4.78, 5) is 31.6. The molecule has 2 amide bonds. The normalized spacial score (nSPS) is 20.6. The zero-order valence-electron chi connectivity index (χ0n) is 21.0. The van der Waals surface area contributed by atoms with Crippen molar-refractivity contribution in [3.05, 3.63) is 42.1 Å². The maximum absolute atomic E-state index is 12.7. The van der Waals surface area contributed by atoms with Gasteiger partial charge in [-0.05, 0) is 76.6 Å². The van der Waals surface area contributed by atoms with Crippen LogP contribution in [0.15, 0.2) is 36.5 Å². The van der Waals surface area contributed by atoms with E-state index in [0.717, 1.165) is 67.3 Å². The van der Waals surface area contributed by atoms with E-state index in [1.54, 1.807) is 6.20 Å². The molecule has 2 saturated heterocycles. The van der Waals surface area contributed by atoms with Gasteiger partial charge in [-0.25, -0.2) is 4.98 Å². The lowest BCUT2D eigenvalue weighted by atomic mass is 9.99. The average Bonchev–Trinajstić information content (AvgIpc) is 3.17. The van der Waals surface area contributed by atoms with Crippen molar-refractivity contribution in [2.45, 2.75) is 77.0 Å². The van der Waals surface area contributed by atoms with Crippen molar-refractivity contribution < 1.29 is 14.3 Å². The molecule has 4 heterocycles. The number of hydrogen-bond donors (Lipinski definition) is 1. The van der Waals surface area contributed by atoms with Crippen LogP contribution in [0.5, 0.6) is 0 Å². The van der Waals surface area contributed by atoms with E-state index >= 15 is 0 Å². The Labute approximate surface area is 206 Å². The second-order valence-corrected chi connectivity index (χ2v) is 10.9. The number of piperidine rings is 2. The third kappa shape index (κ3) is 4.84. The number of rotatable bonds is 6. The quantitative estimate of drug-likeness (QED) is 0.422. The highest BCUT2D eigenvalue weighted by molar-refractivity contribution is 6.10. The standard InChI is InChI=1S/C28H36N4O3/c1-28(2,3)31-16-13-20(14-17-31)35-18-6-8-19-7-4-10-22-25(19)21-9-5-15-29-26(21)32(22)23-11-12-24(33)30-27(23)34/h4-5,7,9-10,15,20,23H,6,8,11-14,16-18H2,1-3H3,(H,30,33,34). The zero-order chi connectivity index (χ0) is 24.6. The molecule has 7 heteroatoms. The summed E-state index contributed by atoms with van der Waals surface area (Å²) >= 11 is 0. The second-order valence-electron chi connectivity index (χ2n) is 10.9. The number of likely N-dealkylation sites (tertiary alicyclic amines) is 1. The van der Waals surface area contributed by atoms with Crippen molar-refractivity contribution in [2.75, 3.05) is 19.7 Å². The molecule has 1 unspecified atom stereocenters. The van der Waals surface area contributed by atoms with Crippen LogP contribution in [0.4, 0.5) is 0 Å². The topological polar surface area (TPSA) is 76.5 Å². The van der Waals surface area contributed by atoms with Gasteiger partial charge in [-0.2, -0.15) is 0 Å². The predicted octanol–water partition coefficient (Wildman–Crippen LogP) is 4.38. The van der Waals surface area contributed by atoms with E-state index in [0.29, 0.717) is 18.9 Å². The van der Waals surface area contributed by atoms with Crippen molar-refractivity contribution in [2.24, 2.45) is 0 Å².